The lowest BCUT2D eigenvalue weighted by molar-refractivity contribution is 0.391. The molecule has 2 heterocycles. The van der Waals surface area contributed by atoms with E-state index in [2.05, 4.69) is 65.7 Å². The summed E-state index contributed by atoms with van der Waals surface area (Å²) in [6.07, 6.45) is 0. The summed E-state index contributed by atoms with van der Waals surface area (Å²) in [6, 6.07) is 22.9. The minimum absolute atomic E-state index is 0.690. The fraction of sp³-hybridized carbons (Fsp3) is 0.160. The fourth-order valence-electron chi connectivity index (χ4n) is 3.56. The van der Waals surface area contributed by atoms with Gasteiger partial charge in [0.05, 0.1) is 22.3 Å². The molecule has 5 rings (SSSR count). The number of rotatable bonds is 5. The lowest BCUT2D eigenvalue weighted by Crippen LogP contribution is -2.14. The van der Waals surface area contributed by atoms with Crippen LogP contribution in [0.2, 0.25) is 0 Å². The van der Waals surface area contributed by atoms with E-state index >= 15 is 0 Å². The van der Waals surface area contributed by atoms with Gasteiger partial charge in [-0.15, -0.1) is 11.3 Å². The van der Waals surface area contributed by atoms with Crippen molar-refractivity contribution in [3.8, 4) is 10.6 Å². The molecule has 0 amide bonds. The SMILES string of the molecule is Cc1ccc2nc(-c3ccc(Nc4nc(CN(C)C)nc5ccccc45)cc3)sc2c1. The van der Waals surface area contributed by atoms with E-state index in [0.29, 0.717) is 6.54 Å². The van der Waals surface area contributed by atoms with Crippen molar-refractivity contribution >= 4 is 44.0 Å². The number of thiazole rings is 1. The summed E-state index contributed by atoms with van der Waals surface area (Å²) in [6.45, 7) is 2.80. The first-order valence-electron chi connectivity index (χ1n) is 10.2. The molecule has 31 heavy (non-hydrogen) atoms. The molecule has 0 fully saturated rings. The summed E-state index contributed by atoms with van der Waals surface area (Å²) in [7, 11) is 4.04. The molecule has 0 radical (unpaired) electrons. The maximum absolute atomic E-state index is 4.79. The summed E-state index contributed by atoms with van der Waals surface area (Å²) >= 11 is 1.73. The minimum atomic E-state index is 0.690. The Labute approximate surface area is 185 Å². The Morgan fingerprint density at radius 1 is 0.871 bits per heavy atom. The molecule has 3 aromatic carbocycles. The lowest BCUT2D eigenvalue weighted by atomic mass is 10.2. The number of nitrogens with one attached hydrogen (secondary N) is 1. The van der Waals surface area contributed by atoms with Crippen molar-refractivity contribution in [2.24, 2.45) is 0 Å². The molecule has 1 N–H and O–H groups in total. The molecular formula is C25H23N5S. The molecule has 0 saturated carbocycles. The molecule has 0 unspecified atom stereocenters. The second-order valence-corrected chi connectivity index (χ2v) is 8.97. The highest BCUT2D eigenvalue weighted by molar-refractivity contribution is 7.21. The minimum Gasteiger partial charge on any atom is -0.340 e. The maximum Gasteiger partial charge on any atom is 0.145 e. The van der Waals surface area contributed by atoms with E-state index in [1.165, 1.54) is 10.3 Å². The van der Waals surface area contributed by atoms with Gasteiger partial charge in [0.1, 0.15) is 16.6 Å². The fourth-order valence-corrected chi connectivity index (χ4v) is 4.63. The van der Waals surface area contributed by atoms with Crippen molar-refractivity contribution in [3.63, 3.8) is 0 Å². The van der Waals surface area contributed by atoms with Gasteiger partial charge in [-0.05, 0) is 75.1 Å². The zero-order valence-corrected chi connectivity index (χ0v) is 18.6. The van der Waals surface area contributed by atoms with Gasteiger partial charge < -0.3 is 10.2 Å². The van der Waals surface area contributed by atoms with Gasteiger partial charge in [0, 0.05) is 16.6 Å². The van der Waals surface area contributed by atoms with E-state index in [9.17, 15) is 0 Å². The Kier molecular flexibility index (Phi) is 5.10. The van der Waals surface area contributed by atoms with E-state index in [1.807, 2.05) is 32.3 Å². The monoisotopic (exact) mass is 425 g/mol. The molecule has 0 spiro atoms. The number of fused-ring (bicyclic) bond motifs is 2. The van der Waals surface area contributed by atoms with Crippen molar-refractivity contribution in [1.82, 2.24) is 19.9 Å². The Morgan fingerprint density at radius 3 is 2.48 bits per heavy atom. The predicted octanol–water partition coefficient (Wildman–Crippen LogP) is 6.02. The Balaban J connectivity index is 1.45. The van der Waals surface area contributed by atoms with Crippen molar-refractivity contribution in [2.45, 2.75) is 13.5 Å². The van der Waals surface area contributed by atoms with Crippen LogP contribution in [0.3, 0.4) is 0 Å². The van der Waals surface area contributed by atoms with Crippen molar-refractivity contribution in [1.29, 1.82) is 0 Å². The number of hydrogen-bond acceptors (Lipinski definition) is 6. The molecule has 0 aliphatic heterocycles. The summed E-state index contributed by atoms with van der Waals surface area (Å²) in [5.41, 5.74) is 5.35. The van der Waals surface area contributed by atoms with Crippen LogP contribution in [0.25, 0.3) is 31.7 Å². The third-order valence-electron chi connectivity index (χ3n) is 5.05. The van der Waals surface area contributed by atoms with Crippen LogP contribution in [0.1, 0.15) is 11.4 Å². The van der Waals surface area contributed by atoms with Crippen LogP contribution in [-0.4, -0.2) is 33.9 Å². The van der Waals surface area contributed by atoms with Crippen LogP contribution in [0.15, 0.2) is 66.7 Å². The molecule has 0 aliphatic rings. The van der Waals surface area contributed by atoms with Gasteiger partial charge in [-0.2, -0.15) is 0 Å². The maximum atomic E-state index is 4.79. The Morgan fingerprint density at radius 2 is 1.68 bits per heavy atom. The van der Waals surface area contributed by atoms with Crippen molar-refractivity contribution < 1.29 is 0 Å². The molecule has 0 saturated heterocycles. The molecule has 154 valence electrons. The number of benzene rings is 3. The lowest BCUT2D eigenvalue weighted by Gasteiger charge is -2.13. The average molecular weight is 426 g/mol. The zero-order valence-electron chi connectivity index (χ0n) is 17.8. The van der Waals surface area contributed by atoms with Gasteiger partial charge in [-0.1, -0.05) is 18.2 Å². The number of nitrogens with zero attached hydrogens (tertiary/aromatic N) is 4. The number of anilines is 2. The molecule has 5 aromatic rings. The van der Waals surface area contributed by atoms with Crippen LogP contribution < -0.4 is 5.32 Å². The van der Waals surface area contributed by atoms with Crippen molar-refractivity contribution in [2.75, 3.05) is 19.4 Å². The van der Waals surface area contributed by atoms with Crippen LogP contribution in [0.4, 0.5) is 11.5 Å². The van der Waals surface area contributed by atoms with E-state index in [1.54, 1.807) is 11.3 Å². The van der Waals surface area contributed by atoms with Gasteiger partial charge >= 0.3 is 0 Å². The number of para-hydroxylation sites is 1. The number of aryl methyl sites for hydroxylation is 1. The van der Waals surface area contributed by atoms with Gasteiger partial charge in [0.15, 0.2) is 0 Å². The van der Waals surface area contributed by atoms with E-state index in [4.69, 9.17) is 15.0 Å². The molecule has 6 heteroatoms. The van der Waals surface area contributed by atoms with Gasteiger partial charge in [0.25, 0.3) is 0 Å². The second kappa shape index (κ2) is 8.06. The van der Waals surface area contributed by atoms with Gasteiger partial charge in [-0.25, -0.2) is 15.0 Å². The van der Waals surface area contributed by atoms with E-state index in [-0.39, 0.29) is 0 Å². The topological polar surface area (TPSA) is 53.9 Å². The van der Waals surface area contributed by atoms with E-state index in [0.717, 1.165) is 44.3 Å². The Bertz CT molecular complexity index is 1370. The average Bonchev–Trinajstić information content (AvgIpc) is 3.17. The third-order valence-corrected chi connectivity index (χ3v) is 6.11. The quantitative estimate of drug-likeness (QED) is 0.373. The van der Waals surface area contributed by atoms with Crippen LogP contribution in [-0.2, 0) is 6.54 Å². The van der Waals surface area contributed by atoms with Gasteiger partial charge in [-0.3, -0.25) is 0 Å². The summed E-state index contributed by atoms with van der Waals surface area (Å²) in [5.74, 6) is 1.62. The number of hydrogen-bond donors (Lipinski definition) is 1. The highest BCUT2D eigenvalue weighted by Gasteiger charge is 2.10. The molecule has 0 bridgehead atoms. The smallest absolute Gasteiger partial charge is 0.145 e. The molecule has 5 nitrogen and oxygen atoms in total. The zero-order chi connectivity index (χ0) is 21.4. The highest BCUT2D eigenvalue weighted by atomic mass is 32.1. The third kappa shape index (κ3) is 4.13. The molecular weight excluding hydrogens is 402 g/mol. The first-order chi connectivity index (χ1) is 15.0. The van der Waals surface area contributed by atoms with Gasteiger partial charge in [0.2, 0.25) is 0 Å². The first-order valence-corrected chi connectivity index (χ1v) is 11.0. The Hall–Kier alpha value is -3.35. The molecule has 0 atom stereocenters. The van der Waals surface area contributed by atoms with Crippen molar-refractivity contribution in [3.05, 3.63) is 78.1 Å². The summed E-state index contributed by atoms with van der Waals surface area (Å²) in [4.78, 5) is 16.3. The normalized spacial score (nSPS) is 11.5. The number of aromatic nitrogens is 3. The van der Waals surface area contributed by atoms with E-state index < -0.39 is 0 Å². The highest BCUT2D eigenvalue weighted by Crippen LogP contribution is 2.32. The second-order valence-electron chi connectivity index (χ2n) is 7.94. The molecule has 2 aromatic heterocycles. The first kappa shape index (κ1) is 19.6. The standard InChI is InChI=1S/C25H23N5S/c1-16-8-13-21-22(14-16)31-25(28-21)17-9-11-18(12-10-17)26-24-19-6-4-5-7-20(19)27-23(29-24)15-30(2)3/h4-14H,15H2,1-3H3,(H,26,27,29). The van der Waals surface area contributed by atoms with Crippen LogP contribution in [0.5, 0.6) is 0 Å². The van der Waals surface area contributed by atoms with Crippen LogP contribution >= 0.6 is 11.3 Å². The summed E-state index contributed by atoms with van der Waals surface area (Å²) in [5, 5.41) is 5.53. The largest absolute Gasteiger partial charge is 0.340 e. The van der Waals surface area contributed by atoms with Crippen LogP contribution in [0, 0.1) is 6.92 Å². The predicted molar refractivity (Wildman–Crippen MR) is 130 cm³/mol. The molecule has 0 aliphatic carbocycles. The summed E-state index contributed by atoms with van der Waals surface area (Å²) < 4.78 is 1.22.